The second kappa shape index (κ2) is 12.6. The summed E-state index contributed by atoms with van der Waals surface area (Å²) in [6.07, 6.45) is 4.05. The van der Waals surface area contributed by atoms with Gasteiger partial charge in [0.05, 0.1) is 14.2 Å². The number of halogens is 1. The summed E-state index contributed by atoms with van der Waals surface area (Å²) in [5, 5.41) is 9.46. The molecule has 0 saturated heterocycles. The number of hydrogen-bond acceptors (Lipinski definition) is 4. The highest BCUT2D eigenvalue weighted by molar-refractivity contribution is 14.0. The summed E-state index contributed by atoms with van der Waals surface area (Å²) in [5.74, 6) is 2.47. The number of nitrogens with zero attached hydrogens (tertiary/aromatic N) is 1. The van der Waals surface area contributed by atoms with Gasteiger partial charge in [0.25, 0.3) is 0 Å². The number of nitrogens with one attached hydrogen (secondary N) is 3. The Balaban J connectivity index is 0.00000364. The molecule has 0 aromatic heterocycles. The molecular formula is C19H31IN4O3. The molecule has 2 rings (SSSR count). The number of carbonyl (C=O) groups is 1. The highest BCUT2D eigenvalue weighted by Crippen LogP contribution is 2.29. The number of amides is 1. The van der Waals surface area contributed by atoms with Crippen molar-refractivity contribution in [2.75, 3.05) is 39.2 Å². The number of anilines is 1. The van der Waals surface area contributed by atoms with E-state index in [9.17, 15) is 4.79 Å². The molecule has 3 N–H and O–H groups in total. The lowest BCUT2D eigenvalue weighted by atomic mass is 9.85. The smallest absolute Gasteiger partial charge is 0.223 e. The van der Waals surface area contributed by atoms with E-state index in [0.29, 0.717) is 30.5 Å². The second-order valence-corrected chi connectivity index (χ2v) is 6.23. The topological polar surface area (TPSA) is 84.0 Å². The summed E-state index contributed by atoms with van der Waals surface area (Å²) in [5.41, 5.74) is 0.862. The molecule has 1 aliphatic carbocycles. The fourth-order valence-corrected chi connectivity index (χ4v) is 2.65. The van der Waals surface area contributed by atoms with Gasteiger partial charge in [0.2, 0.25) is 5.91 Å². The molecule has 1 amide bonds. The predicted octanol–water partition coefficient (Wildman–Crippen LogP) is 3.01. The van der Waals surface area contributed by atoms with Crippen LogP contribution in [-0.4, -0.2) is 45.7 Å². The van der Waals surface area contributed by atoms with Gasteiger partial charge < -0.3 is 25.4 Å². The summed E-state index contributed by atoms with van der Waals surface area (Å²) in [6, 6.07) is 5.62. The van der Waals surface area contributed by atoms with Crippen molar-refractivity contribution < 1.29 is 14.3 Å². The van der Waals surface area contributed by atoms with Crippen LogP contribution in [0.25, 0.3) is 0 Å². The monoisotopic (exact) mass is 490 g/mol. The van der Waals surface area contributed by atoms with E-state index >= 15 is 0 Å². The highest BCUT2D eigenvalue weighted by atomic mass is 127. The fourth-order valence-electron chi connectivity index (χ4n) is 2.65. The molecule has 0 bridgehead atoms. The predicted molar refractivity (Wildman–Crippen MR) is 120 cm³/mol. The van der Waals surface area contributed by atoms with Crippen LogP contribution in [0, 0.1) is 5.92 Å². The average Bonchev–Trinajstić information content (AvgIpc) is 2.59. The Morgan fingerprint density at radius 2 is 1.93 bits per heavy atom. The van der Waals surface area contributed by atoms with Crippen LogP contribution < -0.4 is 25.4 Å². The lowest BCUT2D eigenvalue weighted by molar-refractivity contribution is -0.127. The first-order valence-corrected chi connectivity index (χ1v) is 9.23. The van der Waals surface area contributed by atoms with Crippen molar-refractivity contribution in [1.82, 2.24) is 10.6 Å². The molecule has 0 spiro atoms. The number of guanidine groups is 1. The number of benzene rings is 1. The van der Waals surface area contributed by atoms with Gasteiger partial charge in [-0.05, 0) is 38.3 Å². The van der Waals surface area contributed by atoms with Gasteiger partial charge in [0.15, 0.2) is 17.5 Å². The zero-order chi connectivity index (χ0) is 18.8. The van der Waals surface area contributed by atoms with Crippen LogP contribution >= 0.6 is 24.0 Å². The van der Waals surface area contributed by atoms with E-state index in [4.69, 9.17) is 9.47 Å². The van der Waals surface area contributed by atoms with E-state index in [1.807, 2.05) is 25.1 Å². The zero-order valence-corrected chi connectivity index (χ0v) is 18.7. The van der Waals surface area contributed by atoms with Crippen LogP contribution in [0.2, 0.25) is 0 Å². The highest BCUT2D eigenvalue weighted by Gasteiger charge is 2.24. The minimum Gasteiger partial charge on any atom is -0.493 e. The van der Waals surface area contributed by atoms with Crippen molar-refractivity contribution in [3.8, 4) is 11.5 Å². The number of ether oxygens (including phenoxy) is 2. The standard InChI is InChI=1S/C19H30N4O3.HI/c1-4-20-19(22-12-6-11-21-18(24)14-7-5-8-14)23-15-9-10-16(25-2)17(13-15)26-3;/h9-10,13-14H,4-8,11-12H2,1-3H3,(H,21,24)(H2,20,22,23);1H. The molecule has 152 valence electrons. The Labute approximate surface area is 178 Å². The normalized spacial score (nSPS) is 13.8. The van der Waals surface area contributed by atoms with Crippen molar-refractivity contribution >= 4 is 41.5 Å². The van der Waals surface area contributed by atoms with E-state index in [1.165, 1.54) is 6.42 Å². The van der Waals surface area contributed by atoms with Crippen LogP contribution in [0.3, 0.4) is 0 Å². The number of rotatable bonds is 9. The molecule has 0 unspecified atom stereocenters. The van der Waals surface area contributed by atoms with E-state index in [1.54, 1.807) is 14.2 Å². The first-order valence-electron chi connectivity index (χ1n) is 9.23. The number of carbonyl (C=O) groups excluding carboxylic acids is 1. The Morgan fingerprint density at radius 1 is 1.19 bits per heavy atom. The molecule has 8 heteroatoms. The lowest BCUT2D eigenvalue weighted by Crippen LogP contribution is -2.35. The van der Waals surface area contributed by atoms with Gasteiger partial charge >= 0.3 is 0 Å². The van der Waals surface area contributed by atoms with E-state index in [-0.39, 0.29) is 35.8 Å². The average molecular weight is 490 g/mol. The van der Waals surface area contributed by atoms with Crippen LogP contribution in [-0.2, 0) is 4.79 Å². The number of hydrogen-bond donors (Lipinski definition) is 3. The minimum atomic E-state index is 0. The van der Waals surface area contributed by atoms with Crippen LogP contribution in [0.15, 0.2) is 23.2 Å². The van der Waals surface area contributed by atoms with Gasteiger partial charge in [-0.15, -0.1) is 24.0 Å². The van der Waals surface area contributed by atoms with Crippen molar-refractivity contribution in [3.63, 3.8) is 0 Å². The molecule has 0 atom stereocenters. The Kier molecular flexibility index (Phi) is 10.9. The maximum atomic E-state index is 11.8. The van der Waals surface area contributed by atoms with Crippen LogP contribution in [0.4, 0.5) is 5.69 Å². The SMILES string of the molecule is CCNC(=NCCCNC(=O)C1CCC1)Nc1ccc(OC)c(OC)c1.I. The molecule has 0 aliphatic heterocycles. The summed E-state index contributed by atoms with van der Waals surface area (Å²) >= 11 is 0. The summed E-state index contributed by atoms with van der Waals surface area (Å²) in [6.45, 7) is 4.07. The Morgan fingerprint density at radius 3 is 2.52 bits per heavy atom. The van der Waals surface area contributed by atoms with Gasteiger partial charge in [0, 0.05) is 37.3 Å². The molecule has 1 aromatic rings. The second-order valence-electron chi connectivity index (χ2n) is 6.23. The molecule has 0 radical (unpaired) electrons. The van der Waals surface area contributed by atoms with E-state index in [0.717, 1.165) is 31.5 Å². The minimum absolute atomic E-state index is 0. The van der Waals surface area contributed by atoms with Crippen molar-refractivity contribution in [3.05, 3.63) is 18.2 Å². The molecule has 1 aromatic carbocycles. The van der Waals surface area contributed by atoms with Gasteiger partial charge in [-0.25, -0.2) is 0 Å². The van der Waals surface area contributed by atoms with Gasteiger partial charge in [-0.2, -0.15) is 0 Å². The van der Waals surface area contributed by atoms with Crippen LogP contribution in [0.1, 0.15) is 32.6 Å². The molecule has 1 fully saturated rings. The number of methoxy groups -OCH3 is 2. The molecule has 1 saturated carbocycles. The summed E-state index contributed by atoms with van der Waals surface area (Å²) in [4.78, 5) is 16.3. The number of aliphatic imine (C=N–C) groups is 1. The molecule has 27 heavy (non-hydrogen) atoms. The molecule has 1 aliphatic rings. The first-order chi connectivity index (χ1) is 12.7. The van der Waals surface area contributed by atoms with Gasteiger partial charge in [-0.1, -0.05) is 6.42 Å². The van der Waals surface area contributed by atoms with Crippen molar-refractivity contribution in [1.29, 1.82) is 0 Å². The van der Waals surface area contributed by atoms with E-state index < -0.39 is 0 Å². The third-order valence-corrected chi connectivity index (χ3v) is 4.37. The summed E-state index contributed by atoms with van der Waals surface area (Å²) in [7, 11) is 3.22. The fraction of sp³-hybridized carbons (Fsp3) is 0.579. The van der Waals surface area contributed by atoms with Crippen molar-refractivity contribution in [2.24, 2.45) is 10.9 Å². The van der Waals surface area contributed by atoms with Crippen LogP contribution in [0.5, 0.6) is 11.5 Å². The van der Waals surface area contributed by atoms with E-state index in [2.05, 4.69) is 20.9 Å². The Hall–Kier alpha value is -1.71. The first kappa shape index (κ1) is 23.3. The Bertz CT molecular complexity index is 621. The maximum absolute atomic E-state index is 11.8. The molecule has 0 heterocycles. The van der Waals surface area contributed by atoms with Gasteiger partial charge in [-0.3, -0.25) is 9.79 Å². The quantitative estimate of drug-likeness (QED) is 0.215. The zero-order valence-electron chi connectivity index (χ0n) is 16.3. The summed E-state index contributed by atoms with van der Waals surface area (Å²) < 4.78 is 10.6. The van der Waals surface area contributed by atoms with Gasteiger partial charge in [0.1, 0.15) is 0 Å². The third kappa shape index (κ3) is 7.43. The lowest BCUT2D eigenvalue weighted by Gasteiger charge is -2.23. The third-order valence-electron chi connectivity index (χ3n) is 4.37. The molecule has 7 nitrogen and oxygen atoms in total. The maximum Gasteiger partial charge on any atom is 0.223 e. The molecular weight excluding hydrogens is 459 g/mol. The van der Waals surface area contributed by atoms with Crippen molar-refractivity contribution in [2.45, 2.75) is 32.6 Å². The largest absolute Gasteiger partial charge is 0.493 e.